The molecule has 0 aromatic rings. The summed E-state index contributed by atoms with van der Waals surface area (Å²) in [7, 11) is 1.21. The van der Waals surface area contributed by atoms with Crippen molar-refractivity contribution in [3.63, 3.8) is 0 Å². The molecule has 1 unspecified atom stereocenters. The minimum absolute atomic E-state index is 0.649. The predicted octanol–water partition coefficient (Wildman–Crippen LogP) is 2.42. The van der Waals surface area contributed by atoms with E-state index in [0.717, 1.165) is 0 Å². The molecular formula is C16H29NO6. The maximum Gasteiger partial charge on any atom is 0.408 e. The maximum absolute atomic E-state index is 12.4. The van der Waals surface area contributed by atoms with E-state index in [1.807, 2.05) is 0 Å². The van der Waals surface area contributed by atoms with Gasteiger partial charge in [0.05, 0.1) is 12.5 Å². The number of alkyl carbamates (subject to hydrolysis) is 1. The van der Waals surface area contributed by atoms with Gasteiger partial charge in [0.15, 0.2) is 0 Å². The number of nitrogens with one attached hydrogen (secondary N) is 1. The van der Waals surface area contributed by atoms with E-state index in [2.05, 4.69) is 5.32 Å². The van der Waals surface area contributed by atoms with Gasteiger partial charge in [-0.2, -0.15) is 0 Å². The van der Waals surface area contributed by atoms with Gasteiger partial charge in [0.25, 0.3) is 0 Å². The molecular weight excluding hydrogens is 302 g/mol. The third-order valence-corrected chi connectivity index (χ3v) is 2.74. The van der Waals surface area contributed by atoms with E-state index in [4.69, 9.17) is 14.2 Å². The zero-order chi connectivity index (χ0) is 18.6. The van der Waals surface area contributed by atoms with Crippen LogP contribution in [0.1, 0.15) is 55.4 Å². The van der Waals surface area contributed by atoms with Gasteiger partial charge in [0.1, 0.15) is 17.2 Å². The molecule has 0 aliphatic heterocycles. The number of carbonyl (C=O) groups excluding carboxylic acids is 3. The number of methoxy groups -OCH3 is 1. The summed E-state index contributed by atoms with van der Waals surface area (Å²) in [5, 5.41) is 2.41. The summed E-state index contributed by atoms with van der Waals surface area (Å²) in [6.07, 6.45) is -0.815. The Morgan fingerprint density at radius 3 is 1.61 bits per heavy atom. The highest BCUT2D eigenvalue weighted by Gasteiger charge is 2.46. The van der Waals surface area contributed by atoms with E-state index in [-0.39, 0.29) is 0 Å². The first-order valence-corrected chi connectivity index (χ1v) is 7.41. The van der Waals surface area contributed by atoms with Gasteiger partial charge in [-0.05, 0) is 55.4 Å². The minimum Gasteiger partial charge on any atom is -0.469 e. The van der Waals surface area contributed by atoms with E-state index in [9.17, 15) is 14.4 Å². The average Bonchev–Trinajstić information content (AvgIpc) is 2.30. The SMILES string of the molecule is COC(=O)C(C)(C)C(NC(=O)OC(C)(C)C)C(=O)OC(C)(C)C. The van der Waals surface area contributed by atoms with E-state index in [1.165, 1.54) is 21.0 Å². The van der Waals surface area contributed by atoms with Gasteiger partial charge < -0.3 is 19.5 Å². The molecule has 0 aliphatic carbocycles. The second-order valence-electron chi connectivity index (χ2n) is 7.83. The van der Waals surface area contributed by atoms with Crippen molar-refractivity contribution in [3.05, 3.63) is 0 Å². The summed E-state index contributed by atoms with van der Waals surface area (Å²) in [5.74, 6) is -1.39. The van der Waals surface area contributed by atoms with Crippen molar-refractivity contribution >= 4 is 18.0 Å². The Labute approximate surface area is 138 Å². The van der Waals surface area contributed by atoms with Crippen LogP contribution in [0.3, 0.4) is 0 Å². The highest BCUT2D eigenvalue weighted by Crippen LogP contribution is 2.25. The number of hydrogen-bond acceptors (Lipinski definition) is 6. The first-order valence-electron chi connectivity index (χ1n) is 7.41. The van der Waals surface area contributed by atoms with Crippen LogP contribution < -0.4 is 5.32 Å². The van der Waals surface area contributed by atoms with E-state index >= 15 is 0 Å². The molecule has 134 valence electrons. The van der Waals surface area contributed by atoms with E-state index in [0.29, 0.717) is 0 Å². The van der Waals surface area contributed by atoms with Crippen LogP contribution in [-0.4, -0.2) is 42.4 Å². The zero-order valence-corrected chi connectivity index (χ0v) is 15.5. The fourth-order valence-corrected chi connectivity index (χ4v) is 1.70. The molecule has 0 fully saturated rings. The lowest BCUT2D eigenvalue weighted by atomic mass is 9.84. The molecule has 7 heteroatoms. The third-order valence-electron chi connectivity index (χ3n) is 2.74. The first kappa shape index (κ1) is 21.2. The average molecular weight is 331 g/mol. The quantitative estimate of drug-likeness (QED) is 0.628. The van der Waals surface area contributed by atoms with Gasteiger partial charge in [-0.15, -0.1) is 0 Å². The first-order chi connectivity index (χ1) is 10.1. The third kappa shape index (κ3) is 7.34. The number of rotatable bonds is 4. The number of carbonyl (C=O) groups is 3. The Morgan fingerprint density at radius 1 is 0.826 bits per heavy atom. The number of esters is 2. The largest absolute Gasteiger partial charge is 0.469 e. The van der Waals surface area contributed by atoms with Crippen LogP contribution in [0.2, 0.25) is 0 Å². The second kappa shape index (κ2) is 7.19. The lowest BCUT2D eigenvalue weighted by molar-refractivity contribution is -0.168. The van der Waals surface area contributed by atoms with Crippen molar-refractivity contribution in [1.29, 1.82) is 0 Å². The summed E-state index contributed by atoms with van der Waals surface area (Å²) < 4.78 is 15.2. The second-order valence-corrected chi connectivity index (χ2v) is 7.83. The molecule has 1 N–H and O–H groups in total. The fourth-order valence-electron chi connectivity index (χ4n) is 1.70. The van der Waals surface area contributed by atoms with Gasteiger partial charge >= 0.3 is 18.0 Å². The zero-order valence-electron chi connectivity index (χ0n) is 15.5. The summed E-state index contributed by atoms with van der Waals surface area (Å²) in [6, 6.07) is -1.25. The summed E-state index contributed by atoms with van der Waals surface area (Å²) >= 11 is 0. The van der Waals surface area contributed by atoms with Crippen LogP contribution in [0.4, 0.5) is 4.79 Å². The highest BCUT2D eigenvalue weighted by atomic mass is 16.6. The minimum atomic E-state index is -1.33. The number of ether oxygens (including phenoxy) is 3. The van der Waals surface area contributed by atoms with Crippen molar-refractivity contribution in [2.24, 2.45) is 5.41 Å². The van der Waals surface area contributed by atoms with Crippen LogP contribution >= 0.6 is 0 Å². The van der Waals surface area contributed by atoms with Crippen molar-refractivity contribution in [1.82, 2.24) is 5.32 Å². The van der Waals surface area contributed by atoms with E-state index in [1.54, 1.807) is 41.5 Å². The molecule has 0 spiro atoms. The standard InChI is InChI=1S/C16H29NO6/c1-14(2,3)22-11(18)10(16(7,8)12(19)21-9)17-13(20)23-15(4,5)6/h10H,1-9H3,(H,17,20). The van der Waals surface area contributed by atoms with Crippen LogP contribution in [0.25, 0.3) is 0 Å². The normalized spacial score (nSPS) is 13.8. The Kier molecular flexibility index (Phi) is 6.63. The number of amides is 1. The van der Waals surface area contributed by atoms with Crippen LogP contribution in [-0.2, 0) is 23.8 Å². The molecule has 0 aliphatic rings. The fraction of sp³-hybridized carbons (Fsp3) is 0.812. The Bertz CT molecular complexity index is 456. The smallest absolute Gasteiger partial charge is 0.408 e. The molecule has 1 atom stereocenters. The topological polar surface area (TPSA) is 90.9 Å². The molecule has 0 heterocycles. The molecule has 0 aromatic carbocycles. The molecule has 1 amide bonds. The van der Waals surface area contributed by atoms with Gasteiger partial charge in [-0.3, -0.25) is 4.79 Å². The summed E-state index contributed by atoms with van der Waals surface area (Å²) in [5.41, 5.74) is -2.83. The Balaban J connectivity index is 5.43. The monoisotopic (exact) mass is 331 g/mol. The molecule has 0 radical (unpaired) electrons. The molecule has 0 bridgehead atoms. The van der Waals surface area contributed by atoms with Gasteiger partial charge in [0, 0.05) is 0 Å². The Morgan fingerprint density at radius 2 is 1.26 bits per heavy atom. The summed E-state index contributed by atoms with van der Waals surface area (Å²) in [4.78, 5) is 36.4. The maximum atomic E-state index is 12.4. The van der Waals surface area contributed by atoms with Gasteiger partial charge in [-0.25, -0.2) is 9.59 Å². The molecule has 0 rings (SSSR count). The Hall–Kier alpha value is -1.79. The molecule has 0 aromatic heterocycles. The van der Waals surface area contributed by atoms with Crippen molar-refractivity contribution < 1.29 is 28.6 Å². The molecule has 7 nitrogen and oxygen atoms in total. The van der Waals surface area contributed by atoms with Crippen LogP contribution in [0, 0.1) is 5.41 Å². The van der Waals surface area contributed by atoms with Crippen LogP contribution in [0.15, 0.2) is 0 Å². The molecule has 0 saturated heterocycles. The van der Waals surface area contributed by atoms with Crippen molar-refractivity contribution in [2.75, 3.05) is 7.11 Å². The van der Waals surface area contributed by atoms with Crippen molar-refractivity contribution in [2.45, 2.75) is 72.6 Å². The predicted molar refractivity (Wildman–Crippen MR) is 84.8 cm³/mol. The lowest BCUT2D eigenvalue weighted by Gasteiger charge is -2.33. The molecule has 0 saturated carbocycles. The number of hydrogen-bond donors (Lipinski definition) is 1. The van der Waals surface area contributed by atoms with Crippen LogP contribution in [0.5, 0.6) is 0 Å². The highest BCUT2D eigenvalue weighted by molar-refractivity contribution is 5.90. The van der Waals surface area contributed by atoms with Gasteiger partial charge in [-0.1, -0.05) is 0 Å². The lowest BCUT2D eigenvalue weighted by Crippen LogP contribution is -2.56. The van der Waals surface area contributed by atoms with E-state index < -0.39 is 40.7 Å². The summed E-state index contributed by atoms with van der Waals surface area (Å²) in [6.45, 7) is 13.2. The van der Waals surface area contributed by atoms with Gasteiger partial charge in [0.2, 0.25) is 0 Å². The van der Waals surface area contributed by atoms with Crippen molar-refractivity contribution in [3.8, 4) is 0 Å². The molecule has 23 heavy (non-hydrogen) atoms.